The largest absolute Gasteiger partial charge is 0.452 e. The van der Waals surface area contributed by atoms with Crippen LogP contribution in [-0.2, 0) is 22.5 Å². The highest BCUT2D eigenvalue weighted by Crippen LogP contribution is 2.39. The fraction of sp³-hybridized carbons (Fsp3) is 0.304. The van der Waals surface area contributed by atoms with Gasteiger partial charge in [0.1, 0.15) is 17.3 Å². The van der Waals surface area contributed by atoms with Gasteiger partial charge in [0.05, 0.1) is 7.11 Å². The molecule has 8 heteroatoms. The molecule has 1 aliphatic carbocycles. The Morgan fingerprint density at radius 1 is 1.16 bits per heavy atom. The van der Waals surface area contributed by atoms with Gasteiger partial charge in [0.15, 0.2) is 0 Å². The molecule has 1 fully saturated rings. The molecule has 7 nitrogen and oxygen atoms in total. The highest BCUT2D eigenvalue weighted by atomic mass is 19.1. The predicted octanol–water partition coefficient (Wildman–Crippen LogP) is 4.21. The number of pyridine rings is 1. The molecule has 0 atom stereocenters. The van der Waals surface area contributed by atoms with E-state index >= 15 is 0 Å². The van der Waals surface area contributed by atoms with Crippen LogP contribution in [-0.4, -0.2) is 33.9 Å². The number of fused-ring (bicyclic) bond motifs is 1. The highest BCUT2D eigenvalue weighted by molar-refractivity contribution is 6.13. The normalized spacial score (nSPS) is 14.9. The van der Waals surface area contributed by atoms with Gasteiger partial charge in [0.25, 0.3) is 0 Å². The molecular weight excluding hydrogens is 399 g/mol. The maximum Gasteiger partial charge on any atom is 0.422 e. The van der Waals surface area contributed by atoms with Crippen LogP contribution in [0.25, 0.3) is 22.4 Å². The maximum absolute atomic E-state index is 13.5. The van der Waals surface area contributed by atoms with Crippen molar-refractivity contribution in [1.29, 1.82) is 0 Å². The molecule has 0 unspecified atom stereocenters. The number of hydrogen-bond acceptors (Lipinski definition) is 5. The van der Waals surface area contributed by atoms with Crippen molar-refractivity contribution in [2.75, 3.05) is 12.0 Å². The van der Waals surface area contributed by atoms with Crippen molar-refractivity contribution in [2.24, 2.45) is 5.92 Å². The first-order valence-electron chi connectivity index (χ1n) is 10.3. The predicted molar refractivity (Wildman–Crippen MR) is 112 cm³/mol. The number of aromatic nitrogens is 3. The van der Waals surface area contributed by atoms with Crippen molar-refractivity contribution < 1.29 is 18.7 Å². The Morgan fingerprint density at radius 2 is 1.94 bits per heavy atom. The number of carbonyl (C=O) groups is 2. The quantitative estimate of drug-likeness (QED) is 0.632. The number of benzene rings is 1. The van der Waals surface area contributed by atoms with Crippen molar-refractivity contribution in [3.05, 3.63) is 54.1 Å². The Morgan fingerprint density at radius 3 is 2.65 bits per heavy atom. The minimum absolute atomic E-state index is 0.167. The van der Waals surface area contributed by atoms with E-state index in [0.717, 1.165) is 65.2 Å². The first kappa shape index (κ1) is 19.4. The topological polar surface area (TPSA) is 77.3 Å². The molecule has 31 heavy (non-hydrogen) atoms. The monoisotopic (exact) mass is 420 g/mol. The minimum atomic E-state index is -0.749. The van der Waals surface area contributed by atoms with Gasteiger partial charge in [0.2, 0.25) is 5.91 Å². The van der Waals surface area contributed by atoms with Crippen LogP contribution >= 0.6 is 0 Å². The van der Waals surface area contributed by atoms with Crippen LogP contribution in [0.2, 0.25) is 0 Å². The van der Waals surface area contributed by atoms with Gasteiger partial charge in [0, 0.05) is 35.5 Å². The lowest BCUT2D eigenvalue weighted by Crippen LogP contribution is -2.38. The van der Waals surface area contributed by atoms with Crippen LogP contribution in [0.3, 0.4) is 0 Å². The van der Waals surface area contributed by atoms with Crippen LogP contribution in [0, 0.1) is 11.7 Å². The first-order chi connectivity index (χ1) is 15.1. The second-order valence-electron chi connectivity index (χ2n) is 7.82. The second-order valence-corrected chi connectivity index (χ2v) is 7.82. The van der Waals surface area contributed by atoms with Gasteiger partial charge < -0.3 is 4.74 Å². The third kappa shape index (κ3) is 3.48. The van der Waals surface area contributed by atoms with Crippen LogP contribution in [0.5, 0.6) is 0 Å². The lowest BCUT2D eigenvalue weighted by atomic mass is 9.98. The van der Waals surface area contributed by atoms with Crippen molar-refractivity contribution in [1.82, 2.24) is 14.8 Å². The Labute approximate surface area is 178 Å². The number of halogens is 1. The van der Waals surface area contributed by atoms with Gasteiger partial charge in [-0.3, -0.25) is 9.48 Å². The molecule has 2 aliphatic rings. The van der Waals surface area contributed by atoms with Crippen LogP contribution in [0.4, 0.5) is 15.0 Å². The fourth-order valence-electron chi connectivity index (χ4n) is 4.04. The van der Waals surface area contributed by atoms with Crippen molar-refractivity contribution in [2.45, 2.75) is 32.2 Å². The molecule has 158 valence electrons. The average molecular weight is 420 g/mol. The first-order valence-corrected chi connectivity index (χ1v) is 10.3. The summed E-state index contributed by atoms with van der Waals surface area (Å²) in [5.41, 5.74) is 4.33. The molecule has 0 N–H and O–H groups in total. The van der Waals surface area contributed by atoms with Crippen LogP contribution in [0.1, 0.15) is 25.0 Å². The molecule has 3 heterocycles. The molecule has 0 saturated heterocycles. The summed E-state index contributed by atoms with van der Waals surface area (Å²) in [7, 11) is 1.25. The number of ether oxygens (including phenoxy) is 1. The third-order valence-electron chi connectivity index (χ3n) is 5.73. The average Bonchev–Trinajstić information content (AvgIpc) is 3.43. The van der Waals surface area contributed by atoms with E-state index in [1.807, 2.05) is 10.7 Å². The lowest BCUT2D eigenvalue weighted by molar-refractivity contribution is -0.119. The van der Waals surface area contributed by atoms with Gasteiger partial charge in [-0.25, -0.2) is 14.2 Å². The number of aryl methyl sites for hydroxylation is 1. The molecule has 0 radical (unpaired) electrons. The van der Waals surface area contributed by atoms with Gasteiger partial charge in [-0.2, -0.15) is 10.00 Å². The Kier molecular flexibility index (Phi) is 4.77. The standard InChI is InChI=1S/C23H21FN4O3/c1-31-23(30)28(22(29)15-4-5-15)19-13-16(10-11-25-19)20-18-3-2-12-27(18)26-21(20)14-6-8-17(24)9-7-14/h6-11,13,15H,2-5,12H2,1H3. The zero-order valence-electron chi connectivity index (χ0n) is 17.0. The Hall–Kier alpha value is -3.55. The summed E-state index contributed by atoms with van der Waals surface area (Å²) in [5, 5.41) is 4.77. The van der Waals surface area contributed by atoms with Gasteiger partial charge in [-0.15, -0.1) is 0 Å². The third-order valence-corrected chi connectivity index (χ3v) is 5.73. The SMILES string of the molecule is COC(=O)N(C(=O)C1CC1)c1cc(-c2c(-c3ccc(F)cc3)nn3c2CCC3)ccn1. The molecule has 3 aromatic rings. The summed E-state index contributed by atoms with van der Waals surface area (Å²) in [5.74, 6) is -0.546. The number of imide groups is 1. The van der Waals surface area contributed by atoms with E-state index in [0.29, 0.717) is 0 Å². The Bertz CT molecular complexity index is 1170. The van der Waals surface area contributed by atoms with E-state index in [4.69, 9.17) is 9.84 Å². The van der Waals surface area contributed by atoms with Gasteiger partial charge in [-0.1, -0.05) is 0 Å². The number of rotatable bonds is 4. The number of anilines is 1. The number of hydrogen-bond donors (Lipinski definition) is 0. The lowest BCUT2D eigenvalue weighted by Gasteiger charge is -2.19. The van der Waals surface area contributed by atoms with E-state index in [1.165, 1.54) is 19.2 Å². The number of amides is 2. The second kappa shape index (κ2) is 7.61. The summed E-state index contributed by atoms with van der Waals surface area (Å²) in [6.07, 6.45) is 4.21. The van der Waals surface area contributed by atoms with E-state index in [-0.39, 0.29) is 23.5 Å². The van der Waals surface area contributed by atoms with Crippen molar-refractivity contribution in [3.63, 3.8) is 0 Å². The summed E-state index contributed by atoms with van der Waals surface area (Å²) < 4.78 is 20.3. The summed E-state index contributed by atoms with van der Waals surface area (Å²) in [4.78, 5) is 30.4. The van der Waals surface area contributed by atoms with Gasteiger partial charge >= 0.3 is 6.09 Å². The summed E-state index contributed by atoms with van der Waals surface area (Å²) in [6.45, 7) is 0.815. The molecule has 0 spiro atoms. The smallest absolute Gasteiger partial charge is 0.422 e. The fourth-order valence-corrected chi connectivity index (χ4v) is 4.04. The summed E-state index contributed by atoms with van der Waals surface area (Å²) >= 11 is 0. The minimum Gasteiger partial charge on any atom is -0.452 e. The molecule has 1 aliphatic heterocycles. The molecule has 5 rings (SSSR count). The van der Waals surface area contributed by atoms with E-state index < -0.39 is 6.09 Å². The highest BCUT2D eigenvalue weighted by Gasteiger charge is 2.38. The van der Waals surface area contributed by atoms with Crippen molar-refractivity contribution >= 4 is 17.8 Å². The molecule has 1 aromatic carbocycles. The van der Waals surface area contributed by atoms with Crippen LogP contribution < -0.4 is 4.90 Å². The zero-order valence-corrected chi connectivity index (χ0v) is 17.0. The van der Waals surface area contributed by atoms with Gasteiger partial charge in [-0.05, 0) is 67.6 Å². The van der Waals surface area contributed by atoms with Crippen LogP contribution in [0.15, 0.2) is 42.6 Å². The Balaban J connectivity index is 1.62. The number of methoxy groups -OCH3 is 1. The van der Waals surface area contributed by atoms with Crippen molar-refractivity contribution in [3.8, 4) is 22.4 Å². The molecule has 2 amide bonds. The van der Waals surface area contributed by atoms with E-state index in [2.05, 4.69) is 4.98 Å². The number of nitrogens with zero attached hydrogens (tertiary/aromatic N) is 4. The van der Waals surface area contributed by atoms with E-state index in [9.17, 15) is 14.0 Å². The zero-order chi connectivity index (χ0) is 21.5. The summed E-state index contributed by atoms with van der Waals surface area (Å²) in [6, 6.07) is 9.79. The number of carbonyl (C=O) groups excluding carboxylic acids is 2. The maximum atomic E-state index is 13.5. The molecular formula is C23H21FN4O3. The molecule has 2 aromatic heterocycles. The molecule has 1 saturated carbocycles. The molecule has 0 bridgehead atoms. The van der Waals surface area contributed by atoms with E-state index in [1.54, 1.807) is 24.4 Å².